The third-order valence-electron chi connectivity index (χ3n) is 2.41. The van der Waals surface area contributed by atoms with Crippen LogP contribution in [0.4, 0.5) is 0 Å². The maximum Gasteiger partial charge on any atom is 0.352 e. The first kappa shape index (κ1) is 13.3. The Hall–Kier alpha value is -0.810. The van der Waals surface area contributed by atoms with E-state index in [9.17, 15) is 4.79 Å². The fraction of sp³-hybridized carbons (Fsp3) is 0.545. The lowest BCUT2D eigenvalue weighted by molar-refractivity contribution is 0.0675. The van der Waals surface area contributed by atoms with Crippen LogP contribution in [0.5, 0.6) is 0 Å². The molecular weight excluding hydrogens is 274 g/mol. The van der Waals surface area contributed by atoms with Gasteiger partial charge in [-0.1, -0.05) is 13.3 Å². The molecule has 0 aromatic carbocycles. The zero-order chi connectivity index (χ0) is 12.1. The first-order chi connectivity index (χ1) is 7.60. The van der Waals surface area contributed by atoms with Crippen LogP contribution >= 0.6 is 15.9 Å². The molecule has 5 heteroatoms. The number of hydrogen-bond acceptors (Lipinski definition) is 2. The highest BCUT2D eigenvalue weighted by Crippen LogP contribution is 2.23. The Kier molecular flexibility index (Phi) is 5.02. The largest absolute Gasteiger partial charge is 0.477 e. The first-order valence-electron chi connectivity index (χ1n) is 5.19. The summed E-state index contributed by atoms with van der Waals surface area (Å²) >= 11 is 3.30. The predicted molar refractivity (Wildman–Crippen MR) is 64.9 cm³/mol. The minimum atomic E-state index is -0.914. The van der Waals surface area contributed by atoms with Gasteiger partial charge in [0.15, 0.2) is 0 Å². The number of hydrogen-bond donors (Lipinski definition) is 1. The molecule has 90 valence electrons. The van der Waals surface area contributed by atoms with Crippen molar-refractivity contribution in [2.24, 2.45) is 0 Å². The van der Waals surface area contributed by atoms with Gasteiger partial charge in [-0.15, -0.1) is 0 Å². The highest BCUT2D eigenvalue weighted by atomic mass is 79.9. The molecule has 0 fully saturated rings. The molecule has 0 saturated heterocycles. The topological polar surface area (TPSA) is 51.5 Å². The van der Waals surface area contributed by atoms with Crippen LogP contribution in [0, 0.1) is 0 Å². The average Bonchev–Trinajstić information content (AvgIpc) is 2.60. The molecule has 1 unspecified atom stereocenters. The van der Waals surface area contributed by atoms with E-state index in [1.807, 2.05) is 0 Å². The molecule has 1 aromatic rings. The van der Waals surface area contributed by atoms with Crippen LogP contribution in [0.1, 0.15) is 36.3 Å². The smallest absolute Gasteiger partial charge is 0.352 e. The van der Waals surface area contributed by atoms with Crippen molar-refractivity contribution in [3.05, 3.63) is 22.4 Å². The maximum atomic E-state index is 11.1. The third-order valence-corrected chi connectivity index (χ3v) is 2.84. The minimum Gasteiger partial charge on any atom is -0.477 e. The van der Waals surface area contributed by atoms with Gasteiger partial charge in [0.1, 0.15) is 5.69 Å². The highest BCUT2D eigenvalue weighted by molar-refractivity contribution is 9.10. The second-order valence-electron chi connectivity index (χ2n) is 3.65. The van der Waals surface area contributed by atoms with Crippen LogP contribution in [0.15, 0.2) is 16.7 Å². The van der Waals surface area contributed by atoms with Gasteiger partial charge < -0.3 is 14.4 Å². The number of carboxylic acid groups (broad SMARTS) is 1. The molecule has 0 aliphatic rings. The Bertz CT molecular complexity index is 356. The number of halogens is 1. The van der Waals surface area contributed by atoms with Gasteiger partial charge in [-0.05, 0) is 28.4 Å². The maximum absolute atomic E-state index is 11.1. The number of methoxy groups -OCH3 is 1. The SMILES string of the molecule is CCCC(COC)n1cc(Br)cc1C(=O)O. The van der Waals surface area contributed by atoms with Gasteiger partial charge in [0, 0.05) is 17.8 Å². The number of ether oxygens (including phenoxy) is 1. The van der Waals surface area contributed by atoms with Gasteiger partial charge in [-0.3, -0.25) is 0 Å². The monoisotopic (exact) mass is 289 g/mol. The lowest BCUT2D eigenvalue weighted by Gasteiger charge is -2.19. The molecule has 1 heterocycles. The molecule has 0 spiro atoms. The summed E-state index contributed by atoms with van der Waals surface area (Å²) in [7, 11) is 1.63. The number of aromatic nitrogens is 1. The summed E-state index contributed by atoms with van der Waals surface area (Å²) in [4.78, 5) is 11.1. The lowest BCUT2D eigenvalue weighted by Crippen LogP contribution is -2.18. The van der Waals surface area contributed by atoms with Gasteiger partial charge in [0.25, 0.3) is 0 Å². The molecule has 1 rings (SSSR count). The lowest BCUT2D eigenvalue weighted by atomic mass is 10.1. The van der Waals surface area contributed by atoms with Gasteiger partial charge in [0.05, 0.1) is 12.6 Å². The van der Waals surface area contributed by atoms with Gasteiger partial charge >= 0.3 is 5.97 Å². The van der Waals surface area contributed by atoms with Crippen LogP contribution in [0.3, 0.4) is 0 Å². The van der Waals surface area contributed by atoms with Crippen molar-refractivity contribution in [1.29, 1.82) is 0 Å². The molecule has 1 aromatic heterocycles. The van der Waals surface area contributed by atoms with E-state index in [1.54, 1.807) is 23.9 Å². The summed E-state index contributed by atoms with van der Waals surface area (Å²) in [6.45, 7) is 2.59. The Morgan fingerprint density at radius 3 is 2.88 bits per heavy atom. The number of nitrogens with zero attached hydrogens (tertiary/aromatic N) is 1. The number of aromatic carboxylic acids is 1. The molecule has 0 bridgehead atoms. The van der Waals surface area contributed by atoms with Crippen molar-refractivity contribution in [3.8, 4) is 0 Å². The summed E-state index contributed by atoms with van der Waals surface area (Å²) in [5.41, 5.74) is 0.294. The summed E-state index contributed by atoms with van der Waals surface area (Å²) in [6, 6.07) is 1.69. The summed E-state index contributed by atoms with van der Waals surface area (Å²) in [5.74, 6) is -0.914. The summed E-state index contributed by atoms with van der Waals surface area (Å²) in [5, 5.41) is 9.08. The Morgan fingerprint density at radius 2 is 2.38 bits per heavy atom. The van der Waals surface area contributed by atoms with Crippen LogP contribution < -0.4 is 0 Å². The van der Waals surface area contributed by atoms with Gasteiger partial charge in [-0.2, -0.15) is 0 Å². The fourth-order valence-electron chi connectivity index (χ4n) is 1.75. The van der Waals surface area contributed by atoms with Crippen LogP contribution in [-0.2, 0) is 4.74 Å². The molecule has 0 amide bonds. The molecule has 4 nitrogen and oxygen atoms in total. The van der Waals surface area contributed by atoms with E-state index in [4.69, 9.17) is 9.84 Å². The molecule has 0 saturated carbocycles. The van der Waals surface area contributed by atoms with Gasteiger partial charge in [-0.25, -0.2) is 4.79 Å². The second-order valence-corrected chi connectivity index (χ2v) is 4.57. The van der Waals surface area contributed by atoms with Crippen LogP contribution in [-0.4, -0.2) is 29.4 Å². The average molecular weight is 290 g/mol. The summed E-state index contributed by atoms with van der Waals surface area (Å²) < 4.78 is 7.67. The fourth-order valence-corrected chi connectivity index (χ4v) is 2.18. The zero-order valence-corrected chi connectivity index (χ0v) is 11.0. The van der Waals surface area contributed by atoms with Crippen molar-refractivity contribution in [3.63, 3.8) is 0 Å². The van der Waals surface area contributed by atoms with E-state index >= 15 is 0 Å². The number of rotatable bonds is 6. The van der Waals surface area contributed by atoms with E-state index < -0.39 is 5.97 Å². The number of carboxylic acids is 1. The normalized spacial score (nSPS) is 12.7. The molecule has 1 N–H and O–H groups in total. The molecular formula is C11H16BrNO3. The Balaban J connectivity index is 3.01. The van der Waals surface area contributed by atoms with Crippen molar-refractivity contribution in [2.45, 2.75) is 25.8 Å². The van der Waals surface area contributed by atoms with Crippen LogP contribution in [0.2, 0.25) is 0 Å². The Labute approximate surface area is 103 Å². The minimum absolute atomic E-state index is 0.0763. The molecule has 16 heavy (non-hydrogen) atoms. The van der Waals surface area contributed by atoms with E-state index in [0.717, 1.165) is 17.3 Å². The standard InChI is InChI=1S/C11H16BrNO3/c1-3-4-9(7-16-2)13-6-8(12)5-10(13)11(14)15/h5-6,9H,3-4,7H2,1-2H3,(H,14,15). The van der Waals surface area contributed by atoms with E-state index in [1.165, 1.54) is 0 Å². The van der Waals surface area contributed by atoms with E-state index in [0.29, 0.717) is 12.3 Å². The quantitative estimate of drug-likeness (QED) is 0.876. The molecule has 0 aliphatic heterocycles. The predicted octanol–water partition coefficient (Wildman–Crippen LogP) is 2.94. The Morgan fingerprint density at radius 1 is 1.69 bits per heavy atom. The zero-order valence-electron chi connectivity index (χ0n) is 9.44. The first-order valence-corrected chi connectivity index (χ1v) is 5.99. The summed E-state index contributed by atoms with van der Waals surface area (Å²) in [6.07, 6.45) is 3.68. The van der Waals surface area contributed by atoms with Crippen molar-refractivity contribution in [1.82, 2.24) is 4.57 Å². The van der Waals surface area contributed by atoms with Gasteiger partial charge in [0.2, 0.25) is 0 Å². The third kappa shape index (κ3) is 3.09. The van der Waals surface area contributed by atoms with Crippen molar-refractivity contribution < 1.29 is 14.6 Å². The molecule has 0 radical (unpaired) electrons. The van der Waals surface area contributed by atoms with Crippen molar-refractivity contribution >= 4 is 21.9 Å². The molecule has 0 aliphatic carbocycles. The van der Waals surface area contributed by atoms with E-state index in [2.05, 4.69) is 22.9 Å². The van der Waals surface area contributed by atoms with Crippen molar-refractivity contribution in [2.75, 3.05) is 13.7 Å². The number of carbonyl (C=O) groups is 1. The highest BCUT2D eigenvalue weighted by Gasteiger charge is 2.18. The molecule has 1 atom stereocenters. The second kappa shape index (κ2) is 6.06. The van der Waals surface area contributed by atoms with Crippen LogP contribution in [0.25, 0.3) is 0 Å². The van der Waals surface area contributed by atoms with E-state index in [-0.39, 0.29) is 6.04 Å².